The molecular weight excluding hydrogens is 459 g/mol. The number of nitrogens with one attached hydrogen (secondary N) is 1. The van der Waals surface area contributed by atoms with Gasteiger partial charge < -0.3 is 19.9 Å². The molecular formula is C25H28F3N5O2. The fraction of sp³-hybridized carbons (Fsp3) is 0.560. The van der Waals surface area contributed by atoms with Crippen LogP contribution in [0.3, 0.4) is 0 Å². The van der Waals surface area contributed by atoms with Gasteiger partial charge >= 0.3 is 12.1 Å². The van der Waals surface area contributed by atoms with Crippen LogP contribution < -0.4 is 5.32 Å². The highest BCUT2D eigenvalue weighted by molar-refractivity contribution is 6.00. The fourth-order valence-corrected chi connectivity index (χ4v) is 6.16. The topological polar surface area (TPSA) is 70.1 Å². The van der Waals surface area contributed by atoms with E-state index in [1.54, 1.807) is 18.3 Å². The van der Waals surface area contributed by atoms with E-state index in [1.165, 1.54) is 0 Å². The Bertz CT molecular complexity index is 1140. The van der Waals surface area contributed by atoms with Crippen LogP contribution in [0.2, 0.25) is 0 Å². The lowest BCUT2D eigenvalue weighted by molar-refractivity contribution is -0.183. The summed E-state index contributed by atoms with van der Waals surface area (Å²) >= 11 is 0. The smallest absolute Gasteiger partial charge is 0.391 e. The van der Waals surface area contributed by atoms with Crippen molar-refractivity contribution in [1.82, 2.24) is 20.1 Å². The molecule has 6 rings (SSSR count). The first-order valence-corrected chi connectivity index (χ1v) is 12.2. The number of fused-ring (bicyclic) bond motifs is 3. The van der Waals surface area contributed by atoms with Gasteiger partial charge in [-0.2, -0.15) is 13.2 Å². The molecule has 0 bridgehead atoms. The number of likely N-dealkylation sites (tertiary alicyclic amines) is 1. The first-order valence-electron chi connectivity index (χ1n) is 12.2. The van der Waals surface area contributed by atoms with Crippen LogP contribution in [0.4, 0.5) is 13.2 Å². The minimum atomic E-state index is -4.14. The number of halogens is 3. The van der Waals surface area contributed by atoms with E-state index in [1.807, 2.05) is 19.2 Å². The molecule has 1 saturated carbocycles. The van der Waals surface area contributed by atoms with E-state index >= 15 is 0 Å². The number of carbonyl (C=O) groups excluding carboxylic acids is 1. The number of alkyl halides is 3. The Kier molecular flexibility index (Phi) is 5.12. The zero-order chi connectivity index (χ0) is 24.4. The molecule has 1 N–H and O–H groups in total. The number of piperidine rings is 1. The van der Waals surface area contributed by atoms with E-state index in [4.69, 9.17) is 9.73 Å². The van der Waals surface area contributed by atoms with Crippen LogP contribution in [-0.4, -0.2) is 71.5 Å². The van der Waals surface area contributed by atoms with Crippen LogP contribution in [0, 0.1) is 5.92 Å². The van der Waals surface area contributed by atoms with Gasteiger partial charge in [-0.25, -0.2) is 4.79 Å². The molecule has 35 heavy (non-hydrogen) atoms. The maximum atomic E-state index is 13.2. The number of esters is 1. The van der Waals surface area contributed by atoms with Crippen LogP contribution in [-0.2, 0) is 10.3 Å². The number of hydrogen-bond acceptors (Lipinski definition) is 7. The summed E-state index contributed by atoms with van der Waals surface area (Å²) in [5.41, 5.74) is 1.66. The summed E-state index contributed by atoms with van der Waals surface area (Å²) in [5, 5.41) is 3.28. The van der Waals surface area contributed by atoms with Gasteiger partial charge in [-0.15, -0.1) is 0 Å². The highest BCUT2D eigenvalue weighted by Gasteiger charge is 2.49. The van der Waals surface area contributed by atoms with E-state index in [0.717, 1.165) is 36.0 Å². The van der Waals surface area contributed by atoms with Crippen molar-refractivity contribution in [2.75, 3.05) is 26.7 Å². The summed E-state index contributed by atoms with van der Waals surface area (Å²) in [6, 6.07) is 3.21. The lowest BCUT2D eigenvalue weighted by Gasteiger charge is -2.43. The van der Waals surface area contributed by atoms with E-state index in [2.05, 4.69) is 20.1 Å². The number of amidine groups is 1. The average Bonchev–Trinajstić information content (AvgIpc) is 3.38. The van der Waals surface area contributed by atoms with Crippen LogP contribution in [0.25, 0.3) is 0 Å². The number of allylic oxidation sites excluding steroid dienone is 2. The second kappa shape index (κ2) is 7.99. The lowest BCUT2D eigenvalue weighted by atomic mass is 9.83. The number of pyridine rings is 1. The molecule has 0 radical (unpaired) electrons. The molecule has 3 atom stereocenters. The van der Waals surface area contributed by atoms with Crippen LogP contribution >= 0.6 is 0 Å². The molecule has 186 valence electrons. The summed E-state index contributed by atoms with van der Waals surface area (Å²) in [5.74, 6) is 0.254. The average molecular weight is 488 g/mol. The second-order valence-electron chi connectivity index (χ2n) is 10.2. The lowest BCUT2D eigenvalue weighted by Crippen LogP contribution is -2.47. The van der Waals surface area contributed by atoms with E-state index in [-0.39, 0.29) is 30.9 Å². The van der Waals surface area contributed by atoms with Crippen molar-refractivity contribution in [2.24, 2.45) is 10.9 Å². The number of hydrogen-bond donors (Lipinski definition) is 1. The quantitative estimate of drug-likeness (QED) is 0.646. The van der Waals surface area contributed by atoms with Gasteiger partial charge in [-0.1, -0.05) is 0 Å². The van der Waals surface area contributed by atoms with Crippen molar-refractivity contribution < 1.29 is 22.7 Å². The maximum Gasteiger partial charge on any atom is 0.391 e. The molecule has 4 aliphatic heterocycles. The Morgan fingerprint density at radius 1 is 1.20 bits per heavy atom. The van der Waals surface area contributed by atoms with Crippen molar-refractivity contribution in [3.8, 4) is 0 Å². The van der Waals surface area contributed by atoms with E-state index < -0.39 is 17.7 Å². The molecule has 1 aromatic rings. The highest BCUT2D eigenvalue weighted by atomic mass is 19.4. The highest BCUT2D eigenvalue weighted by Crippen LogP contribution is 2.44. The van der Waals surface area contributed by atoms with Gasteiger partial charge in [0.25, 0.3) is 0 Å². The van der Waals surface area contributed by atoms with Crippen molar-refractivity contribution in [1.29, 1.82) is 0 Å². The summed E-state index contributed by atoms with van der Waals surface area (Å²) in [6.07, 6.45) is 3.68. The number of carbonyl (C=O) groups is 1. The summed E-state index contributed by atoms with van der Waals surface area (Å²) in [4.78, 5) is 26.0. The van der Waals surface area contributed by atoms with Crippen molar-refractivity contribution in [2.45, 2.75) is 56.0 Å². The summed E-state index contributed by atoms with van der Waals surface area (Å²) in [6.45, 7) is 2.08. The van der Waals surface area contributed by atoms with Crippen molar-refractivity contribution in [3.05, 3.63) is 53.1 Å². The largest absolute Gasteiger partial charge is 0.449 e. The normalized spacial score (nSPS) is 29.7. The van der Waals surface area contributed by atoms with Gasteiger partial charge in [0, 0.05) is 51.3 Å². The molecule has 3 unspecified atom stereocenters. The van der Waals surface area contributed by atoms with Crippen LogP contribution in [0.1, 0.15) is 48.2 Å². The third-order valence-electron chi connectivity index (χ3n) is 8.07. The predicted octanol–water partition coefficient (Wildman–Crippen LogP) is 3.36. The molecule has 5 aliphatic rings. The molecule has 2 fully saturated rings. The third-order valence-corrected chi connectivity index (χ3v) is 8.07. The Morgan fingerprint density at radius 3 is 2.74 bits per heavy atom. The van der Waals surface area contributed by atoms with Gasteiger partial charge in [0.2, 0.25) is 0 Å². The summed E-state index contributed by atoms with van der Waals surface area (Å²) in [7, 11) is 2.01. The first-order chi connectivity index (χ1) is 16.7. The molecule has 1 saturated heterocycles. The molecule has 1 spiro atoms. The van der Waals surface area contributed by atoms with Crippen molar-refractivity contribution >= 4 is 11.8 Å². The molecule has 0 amide bonds. The minimum absolute atomic E-state index is 0.0796. The van der Waals surface area contributed by atoms with E-state index in [9.17, 15) is 18.0 Å². The van der Waals surface area contributed by atoms with Gasteiger partial charge in [0.15, 0.2) is 5.60 Å². The molecule has 10 heteroatoms. The minimum Gasteiger partial charge on any atom is -0.449 e. The Hall–Kier alpha value is -3.04. The second-order valence-corrected chi connectivity index (χ2v) is 10.2. The SMILES string of the molecule is CN1CC(C2=NC3CCC(C(F)(F)F)CC3N2)=CC=C1N1CCC2(CC1)OC(=O)c1cccnc12. The van der Waals surface area contributed by atoms with E-state index in [0.29, 0.717) is 31.4 Å². The standard InChI is InChI=1S/C25H28F3N5O2/c1-32-14-15(22-30-18-6-5-16(25(26,27)28)13-19(18)31-22)4-7-20(32)33-11-8-24(9-12-33)21-17(23(34)35-24)3-2-10-29-21/h2-4,7,10,16,18-19H,5-6,8-9,11-14H2,1H3,(H,30,31). The molecule has 7 nitrogen and oxygen atoms in total. The fourth-order valence-electron chi connectivity index (χ4n) is 6.16. The zero-order valence-corrected chi connectivity index (χ0v) is 19.5. The number of rotatable bonds is 2. The number of aliphatic imine (C=N–C) groups is 1. The Labute approximate surface area is 201 Å². The molecule has 5 heterocycles. The molecule has 1 aliphatic carbocycles. The maximum absolute atomic E-state index is 13.2. The Balaban J connectivity index is 1.13. The van der Waals surface area contributed by atoms with Gasteiger partial charge in [-0.3, -0.25) is 9.98 Å². The third kappa shape index (κ3) is 3.77. The molecule has 1 aromatic heterocycles. The van der Waals surface area contributed by atoms with Gasteiger partial charge in [0.1, 0.15) is 11.7 Å². The monoisotopic (exact) mass is 487 g/mol. The number of likely N-dealkylation sites (N-methyl/N-ethyl adjacent to an activating group) is 1. The van der Waals surface area contributed by atoms with Crippen LogP contribution in [0.15, 0.2) is 46.9 Å². The number of nitrogens with zero attached hydrogens (tertiary/aromatic N) is 4. The summed E-state index contributed by atoms with van der Waals surface area (Å²) < 4.78 is 45.4. The van der Waals surface area contributed by atoms with Crippen LogP contribution in [0.5, 0.6) is 0 Å². The number of aromatic nitrogens is 1. The number of ether oxygens (including phenoxy) is 1. The zero-order valence-electron chi connectivity index (χ0n) is 19.5. The molecule has 0 aromatic carbocycles. The first kappa shape index (κ1) is 22.4. The van der Waals surface area contributed by atoms with Crippen molar-refractivity contribution in [3.63, 3.8) is 0 Å². The van der Waals surface area contributed by atoms with Gasteiger partial charge in [-0.05, 0) is 43.5 Å². The predicted molar refractivity (Wildman–Crippen MR) is 122 cm³/mol. The van der Waals surface area contributed by atoms with Gasteiger partial charge in [0.05, 0.1) is 29.3 Å². The Morgan fingerprint density at radius 2 is 2.00 bits per heavy atom.